The Hall–Kier alpha value is -2.55. The van der Waals surface area contributed by atoms with E-state index in [4.69, 9.17) is 16.0 Å². The van der Waals surface area contributed by atoms with Crippen molar-refractivity contribution in [3.8, 4) is 5.75 Å². The Balaban J connectivity index is 2.38. The number of rotatable bonds is 3. The van der Waals surface area contributed by atoms with Gasteiger partial charge in [0.2, 0.25) is 5.91 Å². The second-order valence-electron chi connectivity index (χ2n) is 6.69. The number of methoxy groups -OCH3 is 1. The summed E-state index contributed by atoms with van der Waals surface area (Å²) in [5.74, 6) is -1.23. The number of aryl methyl sites for hydroxylation is 1. The molecule has 1 aliphatic rings. The number of ether oxygens (including phenoxy) is 2. The lowest BCUT2D eigenvalue weighted by Gasteiger charge is -2.24. The largest absolute Gasteiger partial charge is 0.497 e. The predicted molar refractivity (Wildman–Crippen MR) is 89.6 cm³/mol. The number of anilines is 1. The molecule has 0 bridgehead atoms. The smallest absolute Gasteiger partial charge is 0.319 e. The van der Waals surface area contributed by atoms with Gasteiger partial charge in [0.15, 0.2) is 0 Å². The van der Waals surface area contributed by atoms with Gasteiger partial charge in [-0.15, -0.1) is 0 Å². The van der Waals surface area contributed by atoms with E-state index in [1.165, 1.54) is 4.90 Å². The molecule has 6 heteroatoms. The van der Waals surface area contributed by atoms with Crippen molar-refractivity contribution < 1.29 is 19.1 Å². The van der Waals surface area contributed by atoms with Crippen LogP contribution >= 0.6 is 0 Å². The average Bonchev–Trinajstić information content (AvgIpc) is 2.63. The lowest BCUT2D eigenvalue weighted by atomic mass is 10.00. The number of hydrogen-bond donors (Lipinski definition) is 0. The first-order chi connectivity index (χ1) is 11.3. The number of benzene rings is 1. The molecule has 0 N–H and O–H groups in total. The van der Waals surface area contributed by atoms with Gasteiger partial charge in [-0.2, -0.15) is 0 Å². The van der Waals surface area contributed by atoms with Crippen LogP contribution in [0.25, 0.3) is 4.85 Å². The molecule has 0 spiro atoms. The first-order valence-corrected chi connectivity index (χ1v) is 7.81. The average molecular weight is 330 g/mol. The summed E-state index contributed by atoms with van der Waals surface area (Å²) in [6, 6.07) is 5.42. The van der Waals surface area contributed by atoms with Gasteiger partial charge >= 0.3 is 5.97 Å². The topological polar surface area (TPSA) is 60.2 Å². The lowest BCUT2D eigenvalue weighted by molar-refractivity contribution is -0.162. The zero-order chi connectivity index (χ0) is 17.9. The molecule has 128 valence electrons. The van der Waals surface area contributed by atoms with Crippen molar-refractivity contribution in [3.63, 3.8) is 0 Å². The maximum atomic E-state index is 12.9. The molecular formula is C18H22N2O4. The maximum Gasteiger partial charge on any atom is 0.319 e. The molecule has 1 heterocycles. The zero-order valence-electron chi connectivity index (χ0n) is 14.5. The van der Waals surface area contributed by atoms with Gasteiger partial charge in [0.05, 0.1) is 12.8 Å². The van der Waals surface area contributed by atoms with E-state index in [0.29, 0.717) is 24.3 Å². The molecular weight excluding hydrogens is 308 g/mol. The summed E-state index contributed by atoms with van der Waals surface area (Å²) in [5.41, 5.74) is 0.880. The molecule has 1 aromatic rings. The van der Waals surface area contributed by atoms with Crippen LogP contribution < -0.4 is 9.64 Å². The summed E-state index contributed by atoms with van der Waals surface area (Å²) in [5, 5.41) is 0. The third kappa shape index (κ3) is 3.85. The van der Waals surface area contributed by atoms with Crippen LogP contribution in [0.3, 0.4) is 0 Å². The Bertz CT molecular complexity index is 685. The second-order valence-corrected chi connectivity index (χ2v) is 6.69. The zero-order valence-corrected chi connectivity index (χ0v) is 14.5. The lowest BCUT2D eigenvalue weighted by Crippen LogP contribution is -2.41. The van der Waals surface area contributed by atoms with Gasteiger partial charge in [0, 0.05) is 6.07 Å². The molecule has 0 saturated heterocycles. The summed E-state index contributed by atoms with van der Waals surface area (Å²) < 4.78 is 10.6. The summed E-state index contributed by atoms with van der Waals surface area (Å²) in [6.07, 6.45) is 0.922. The van der Waals surface area contributed by atoms with Gasteiger partial charge in [0.1, 0.15) is 17.3 Å². The molecule has 1 unspecified atom stereocenters. The van der Waals surface area contributed by atoms with Gasteiger partial charge in [-0.25, -0.2) is 11.5 Å². The third-order valence-corrected chi connectivity index (χ3v) is 3.75. The van der Waals surface area contributed by atoms with Crippen LogP contribution in [0.2, 0.25) is 0 Å². The minimum atomic E-state index is -0.899. The number of esters is 1. The van der Waals surface area contributed by atoms with Crippen molar-refractivity contribution >= 4 is 17.6 Å². The summed E-state index contributed by atoms with van der Waals surface area (Å²) in [7, 11) is 1.54. The molecule has 0 aromatic heterocycles. The van der Waals surface area contributed by atoms with Crippen LogP contribution in [-0.2, 0) is 20.7 Å². The first-order valence-electron chi connectivity index (χ1n) is 7.81. The number of carbonyl (C=O) groups excluding carboxylic acids is 2. The fourth-order valence-corrected chi connectivity index (χ4v) is 2.67. The van der Waals surface area contributed by atoms with Crippen LogP contribution in [0.1, 0.15) is 32.8 Å². The molecule has 1 aromatic carbocycles. The van der Waals surface area contributed by atoms with Crippen LogP contribution in [0.15, 0.2) is 18.2 Å². The van der Waals surface area contributed by atoms with E-state index in [0.717, 1.165) is 5.56 Å². The molecule has 0 radical (unpaired) electrons. The van der Waals surface area contributed by atoms with Gasteiger partial charge in [-0.05, 0) is 45.2 Å². The molecule has 2 rings (SSSR count). The fraction of sp³-hybridized carbons (Fsp3) is 0.500. The molecule has 24 heavy (non-hydrogen) atoms. The molecule has 0 saturated carbocycles. The molecule has 1 aliphatic heterocycles. The van der Waals surface area contributed by atoms with E-state index in [-0.39, 0.29) is 6.67 Å². The molecule has 1 atom stereocenters. The first kappa shape index (κ1) is 17.8. The van der Waals surface area contributed by atoms with Crippen molar-refractivity contribution in [1.29, 1.82) is 0 Å². The summed E-state index contributed by atoms with van der Waals surface area (Å²) in [6.45, 7) is 12.3. The SMILES string of the molecule is [C-]#[N+]CN1C(=O)C(C(=O)OC(C)(C)C)CCc2ccc(OC)cc21. The molecule has 1 amide bonds. The highest BCUT2D eigenvalue weighted by atomic mass is 16.6. The Morgan fingerprint density at radius 3 is 2.71 bits per heavy atom. The fourth-order valence-electron chi connectivity index (χ4n) is 2.67. The monoisotopic (exact) mass is 330 g/mol. The van der Waals surface area contributed by atoms with E-state index < -0.39 is 23.4 Å². The van der Waals surface area contributed by atoms with Crippen molar-refractivity contribution in [3.05, 3.63) is 35.2 Å². The minimum Gasteiger partial charge on any atom is -0.497 e. The Morgan fingerprint density at radius 1 is 1.42 bits per heavy atom. The van der Waals surface area contributed by atoms with Gasteiger partial charge in [-0.1, -0.05) is 6.07 Å². The van der Waals surface area contributed by atoms with Crippen molar-refractivity contribution in [2.24, 2.45) is 5.92 Å². The Kier molecular flexibility index (Phi) is 5.13. The predicted octanol–water partition coefficient (Wildman–Crippen LogP) is 2.81. The van der Waals surface area contributed by atoms with Crippen LogP contribution in [0.5, 0.6) is 5.75 Å². The molecule has 0 fully saturated rings. The van der Waals surface area contributed by atoms with E-state index in [9.17, 15) is 9.59 Å². The Morgan fingerprint density at radius 2 is 2.12 bits per heavy atom. The highest BCUT2D eigenvalue weighted by Gasteiger charge is 2.38. The highest BCUT2D eigenvalue weighted by molar-refractivity contribution is 6.07. The summed E-state index contributed by atoms with van der Waals surface area (Å²) in [4.78, 5) is 30.0. The standard InChI is InChI=1S/C18H22N2O4/c1-18(2,3)24-17(22)14-9-7-12-6-8-13(23-5)10-15(12)20(11-19-4)16(14)21/h6,8,10,14H,7,9,11H2,1-3,5H3. The van der Waals surface area contributed by atoms with E-state index in [1.54, 1.807) is 33.9 Å². The Labute approximate surface area is 142 Å². The van der Waals surface area contributed by atoms with Crippen molar-refractivity contribution in [1.82, 2.24) is 0 Å². The number of hydrogen-bond acceptors (Lipinski definition) is 4. The van der Waals surface area contributed by atoms with Crippen molar-refractivity contribution in [2.75, 3.05) is 18.7 Å². The van der Waals surface area contributed by atoms with E-state index in [1.807, 2.05) is 12.1 Å². The number of amides is 1. The number of carbonyl (C=O) groups is 2. The molecule has 6 nitrogen and oxygen atoms in total. The van der Waals surface area contributed by atoms with Crippen LogP contribution in [0.4, 0.5) is 5.69 Å². The van der Waals surface area contributed by atoms with Gasteiger partial charge < -0.3 is 9.47 Å². The van der Waals surface area contributed by atoms with Crippen LogP contribution in [0, 0.1) is 12.5 Å². The van der Waals surface area contributed by atoms with Gasteiger partial charge in [0.25, 0.3) is 6.67 Å². The van der Waals surface area contributed by atoms with Crippen molar-refractivity contribution in [2.45, 2.75) is 39.2 Å². The van der Waals surface area contributed by atoms with E-state index >= 15 is 0 Å². The number of fused-ring (bicyclic) bond motifs is 1. The molecule has 0 aliphatic carbocycles. The highest BCUT2D eigenvalue weighted by Crippen LogP contribution is 2.33. The van der Waals surface area contributed by atoms with E-state index in [2.05, 4.69) is 4.85 Å². The number of nitrogens with zero attached hydrogens (tertiary/aromatic N) is 2. The minimum absolute atomic E-state index is 0.141. The third-order valence-electron chi connectivity index (χ3n) is 3.75. The second kappa shape index (κ2) is 6.91. The quantitative estimate of drug-likeness (QED) is 0.486. The van der Waals surface area contributed by atoms with Gasteiger partial charge in [-0.3, -0.25) is 14.4 Å². The maximum absolute atomic E-state index is 12.9. The normalized spacial score (nSPS) is 17.5. The van der Waals surface area contributed by atoms with Crippen LogP contribution in [-0.4, -0.2) is 31.3 Å². The summed E-state index contributed by atoms with van der Waals surface area (Å²) >= 11 is 0.